The molecule has 0 heterocycles. The van der Waals surface area contributed by atoms with Crippen molar-refractivity contribution in [1.82, 2.24) is 4.90 Å². The lowest BCUT2D eigenvalue weighted by Gasteiger charge is -2.31. The third-order valence-corrected chi connectivity index (χ3v) is 3.04. The molecule has 1 aromatic carbocycles. The monoisotopic (exact) mass is 224 g/mol. The molecule has 0 aromatic heterocycles. The Balaban J connectivity index is 2.97. The van der Waals surface area contributed by atoms with Gasteiger partial charge in [-0.2, -0.15) is 0 Å². The average molecular weight is 224 g/mol. The molecule has 16 heavy (non-hydrogen) atoms. The Morgan fingerprint density at radius 3 is 2.19 bits per heavy atom. The molecule has 90 valence electrons. The number of benzene rings is 1. The van der Waals surface area contributed by atoms with Crippen LogP contribution in [-0.4, -0.2) is 25.5 Å². The van der Waals surface area contributed by atoms with Gasteiger partial charge in [0.1, 0.15) is 5.82 Å². The van der Waals surface area contributed by atoms with Gasteiger partial charge in [0.25, 0.3) is 0 Å². The van der Waals surface area contributed by atoms with E-state index in [4.69, 9.17) is 5.73 Å². The van der Waals surface area contributed by atoms with Crippen LogP contribution in [0.1, 0.15) is 24.9 Å². The molecule has 0 saturated carbocycles. The van der Waals surface area contributed by atoms with Crippen LogP contribution in [0.15, 0.2) is 24.3 Å². The van der Waals surface area contributed by atoms with Crippen LogP contribution in [0.4, 0.5) is 4.39 Å². The van der Waals surface area contributed by atoms with Crippen molar-refractivity contribution in [2.24, 2.45) is 11.7 Å². The van der Waals surface area contributed by atoms with Crippen molar-refractivity contribution in [3.63, 3.8) is 0 Å². The fourth-order valence-corrected chi connectivity index (χ4v) is 2.17. The molecule has 0 aliphatic heterocycles. The van der Waals surface area contributed by atoms with Gasteiger partial charge in [-0.05, 0) is 44.3 Å². The summed E-state index contributed by atoms with van der Waals surface area (Å²) in [5.74, 6) is 0.211. The first-order valence-corrected chi connectivity index (χ1v) is 5.72. The maximum Gasteiger partial charge on any atom is 0.123 e. The molecule has 2 atom stereocenters. The Morgan fingerprint density at radius 2 is 1.81 bits per heavy atom. The van der Waals surface area contributed by atoms with E-state index < -0.39 is 0 Å². The molecule has 2 unspecified atom stereocenters. The fraction of sp³-hybridized carbons (Fsp3) is 0.538. The predicted octanol–water partition coefficient (Wildman–Crippen LogP) is 2.41. The number of hydrogen-bond donors (Lipinski definition) is 1. The van der Waals surface area contributed by atoms with Crippen molar-refractivity contribution >= 4 is 0 Å². The molecule has 0 bridgehead atoms. The van der Waals surface area contributed by atoms with E-state index in [-0.39, 0.29) is 11.9 Å². The Kier molecular flexibility index (Phi) is 4.90. The van der Waals surface area contributed by atoms with Crippen molar-refractivity contribution in [3.05, 3.63) is 35.6 Å². The summed E-state index contributed by atoms with van der Waals surface area (Å²) in [4.78, 5) is 2.15. The molecule has 1 rings (SSSR count). The van der Waals surface area contributed by atoms with E-state index >= 15 is 0 Å². The minimum Gasteiger partial charge on any atom is -0.330 e. The van der Waals surface area contributed by atoms with Crippen molar-refractivity contribution in [1.29, 1.82) is 0 Å². The summed E-state index contributed by atoms with van der Waals surface area (Å²) in [6.45, 7) is 2.79. The summed E-state index contributed by atoms with van der Waals surface area (Å²) in [7, 11) is 4.07. The normalized spacial score (nSPS) is 15.1. The van der Waals surface area contributed by atoms with E-state index in [0.717, 1.165) is 12.0 Å². The largest absolute Gasteiger partial charge is 0.330 e. The minimum absolute atomic E-state index is 0.193. The van der Waals surface area contributed by atoms with E-state index in [1.807, 2.05) is 26.2 Å². The zero-order valence-electron chi connectivity index (χ0n) is 10.3. The number of hydrogen-bond acceptors (Lipinski definition) is 2. The van der Waals surface area contributed by atoms with Gasteiger partial charge in [-0.15, -0.1) is 0 Å². The fourth-order valence-electron chi connectivity index (χ4n) is 2.17. The maximum absolute atomic E-state index is 12.9. The molecular weight excluding hydrogens is 203 g/mol. The summed E-state index contributed by atoms with van der Waals surface area (Å²) in [5, 5.41) is 0. The number of nitrogens with zero attached hydrogens (tertiary/aromatic N) is 1. The molecule has 2 nitrogen and oxygen atoms in total. The minimum atomic E-state index is -0.193. The van der Waals surface area contributed by atoms with Crippen LogP contribution < -0.4 is 5.73 Å². The van der Waals surface area contributed by atoms with Gasteiger partial charge in [0.15, 0.2) is 0 Å². The van der Waals surface area contributed by atoms with E-state index in [2.05, 4.69) is 11.8 Å². The zero-order chi connectivity index (χ0) is 12.1. The molecule has 0 fully saturated rings. The predicted molar refractivity (Wildman–Crippen MR) is 65.7 cm³/mol. The maximum atomic E-state index is 12.9. The van der Waals surface area contributed by atoms with Gasteiger partial charge in [-0.1, -0.05) is 25.5 Å². The molecule has 2 N–H and O–H groups in total. The highest BCUT2D eigenvalue weighted by Crippen LogP contribution is 2.28. The average Bonchev–Trinajstić information content (AvgIpc) is 2.27. The second-order valence-corrected chi connectivity index (χ2v) is 4.36. The molecule has 3 heteroatoms. The van der Waals surface area contributed by atoms with E-state index in [1.165, 1.54) is 12.1 Å². The first-order chi connectivity index (χ1) is 7.60. The van der Waals surface area contributed by atoms with E-state index in [1.54, 1.807) is 0 Å². The number of halogens is 1. The van der Waals surface area contributed by atoms with Crippen LogP contribution in [0.5, 0.6) is 0 Å². The third kappa shape index (κ3) is 3.03. The topological polar surface area (TPSA) is 29.3 Å². The Bertz CT molecular complexity index is 304. The highest BCUT2D eigenvalue weighted by atomic mass is 19.1. The van der Waals surface area contributed by atoms with Crippen LogP contribution in [0.25, 0.3) is 0 Å². The van der Waals surface area contributed by atoms with E-state index in [9.17, 15) is 4.39 Å². The molecule has 0 amide bonds. The van der Waals surface area contributed by atoms with E-state index in [0.29, 0.717) is 12.5 Å². The molecule has 0 aliphatic rings. The molecule has 0 radical (unpaired) electrons. The van der Waals surface area contributed by atoms with Crippen LogP contribution in [-0.2, 0) is 0 Å². The van der Waals surface area contributed by atoms with Crippen LogP contribution in [0.2, 0.25) is 0 Å². The summed E-state index contributed by atoms with van der Waals surface area (Å²) < 4.78 is 12.9. The van der Waals surface area contributed by atoms with Crippen LogP contribution in [0.3, 0.4) is 0 Å². The molecular formula is C13H21FN2. The third-order valence-electron chi connectivity index (χ3n) is 3.04. The lowest BCUT2D eigenvalue weighted by Crippen LogP contribution is -2.31. The number of nitrogens with two attached hydrogens (primary N) is 1. The molecule has 0 aliphatic carbocycles. The van der Waals surface area contributed by atoms with Gasteiger partial charge < -0.3 is 10.6 Å². The lowest BCUT2D eigenvalue weighted by atomic mass is 9.90. The molecule has 0 saturated heterocycles. The summed E-state index contributed by atoms with van der Waals surface area (Å²) in [6, 6.07) is 6.97. The Labute approximate surface area is 97.3 Å². The van der Waals surface area contributed by atoms with Crippen molar-refractivity contribution < 1.29 is 4.39 Å². The summed E-state index contributed by atoms with van der Waals surface area (Å²) in [5.41, 5.74) is 6.92. The molecule has 0 spiro atoms. The Morgan fingerprint density at radius 1 is 1.25 bits per heavy atom. The molecule has 1 aromatic rings. The van der Waals surface area contributed by atoms with Crippen LogP contribution in [0, 0.1) is 11.7 Å². The SMILES string of the molecule is CCC(CN)C(c1ccc(F)cc1)N(C)C. The van der Waals surface area contributed by atoms with Crippen LogP contribution >= 0.6 is 0 Å². The zero-order valence-corrected chi connectivity index (χ0v) is 10.3. The standard InChI is InChI=1S/C13H21FN2/c1-4-10(9-15)13(16(2)3)11-5-7-12(14)8-6-11/h5-8,10,13H,4,9,15H2,1-3H3. The highest BCUT2D eigenvalue weighted by Gasteiger charge is 2.22. The summed E-state index contributed by atoms with van der Waals surface area (Å²) in [6.07, 6.45) is 1.02. The second kappa shape index (κ2) is 5.97. The van der Waals surface area contributed by atoms with Crippen molar-refractivity contribution in [3.8, 4) is 0 Å². The van der Waals surface area contributed by atoms with Gasteiger partial charge in [0, 0.05) is 6.04 Å². The first-order valence-electron chi connectivity index (χ1n) is 5.72. The van der Waals surface area contributed by atoms with Gasteiger partial charge in [0.05, 0.1) is 0 Å². The second-order valence-electron chi connectivity index (χ2n) is 4.36. The first kappa shape index (κ1) is 13.1. The van der Waals surface area contributed by atoms with Gasteiger partial charge in [-0.3, -0.25) is 0 Å². The van der Waals surface area contributed by atoms with Gasteiger partial charge in [0.2, 0.25) is 0 Å². The van der Waals surface area contributed by atoms with Crippen molar-refractivity contribution in [2.75, 3.05) is 20.6 Å². The smallest absolute Gasteiger partial charge is 0.123 e. The quantitative estimate of drug-likeness (QED) is 0.832. The van der Waals surface area contributed by atoms with Gasteiger partial charge >= 0.3 is 0 Å². The Hall–Kier alpha value is -0.930. The summed E-state index contributed by atoms with van der Waals surface area (Å²) >= 11 is 0. The lowest BCUT2D eigenvalue weighted by molar-refractivity contribution is 0.211. The van der Waals surface area contributed by atoms with Crippen molar-refractivity contribution in [2.45, 2.75) is 19.4 Å². The highest BCUT2D eigenvalue weighted by molar-refractivity contribution is 5.20. The number of rotatable bonds is 5. The van der Waals surface area contributed by atoms with Gasteiger partial charge in [-0.25, -0.2) is 4.39 Å².